The van der Waals surface area contributed by atoms with Crippen molar-refractivity contribution >= 4 is 23.3 Å². The molecule has 22 heavy (non-hydrogen) atoms. The molecule has 0 aliphatic rings. The molecule has 0 radical (unpaired) electrons. The van der Waals surface area contributed by atoms with Gasteiger partial charge in [0, 0.05) is 23.8 Å². The molecule has 0 bridgehead atoms. The summed E-state index contributed by atoms with van der Waals surface area (Å²) in [6, 6.07) is 13.8. The molecular formula is C16H18ClN3O2. The van der Waals surface area contributed by atoms with E-state index in [2.05, 4.69) is 10.6 Å². The number of hydrogen-bond donors (Lipinski definition) is 4. The van der Waals surface area contributed by atoms with E-state index in [1.807, 2.05) is 12.1 Å². The van der Waals surface area contributed by atoms with Gasteiger partial charge in [0.15, 0.2) is 0 Å². The fourth-order valence-electron chi connectivity index (χ4n) is 2.00. The van der Waals surface area contributed by atoms with Gasteiger partial charge in [0.05, 0.1) is 6.10 Å². The number of urea groups is 1. The van der Waals surface area contributed by atoms with Gasteiger partial charge in [-0.15, -0.1) is 0 Å². The van der Waals surface area contributed by atoms with Crippen molar-refractivity contribution in [1.29, 1.82) is 0 Å². The van der Waals surface area contributed by atoms with E-state index in [4.69, 9.17) is 17.3 Å². The van der Waals surface area contributed by atoms with Crippen molar-refractivity contribution in [2.24, 2.45) is 5.73 Å². The van der Waals surface area contributed by atoms with Crippen molar-refractivity contribution < 1.29 is 9.90 Å². The molecular weight excluding hydrogens is 302 g/mol. The lowest BCUT2D eigenvalue weighted by Crippen LogP contribution is -2.21. The molecule has 2 amide bonds. The van der Waals surface area contributed by atoms with Crippen LogP contribution in [0.1, 0.15) is 17.2 Å². The number of aliphatic hydroxyl groups excluding tert-OH is 1. The van der Waals surface area contributed by atoms with Crippen LogP contribution < -0.4 is 16.4 Å². The van der Waals surface area contributed by atoms with E-state index >= 15 is 0 Å². The number of carbonyl (C=O) groups is 1. The number of nitrogens with one attached hydrogen (secondary N) is 2. The first-order valence-electron chi connectivity index (χ1n) is 6.84. The van der Waals surface area contributed by atoms with Gasteiger partial charge in [-0.2, -0.15) is 0 Å². The van der Waals surface area contributed by atoms with Gasteiger partial charge in [0.25, 0.3) is 0 Å². The second kappa shape index (κ2) is 7.79. The van der Waals surface area contributed by atoms with Crippen LogP contribution in [0, 0.1) is 0 Å². The van der Waals surface area contributed by atoms with Crippen molar-refractivity contribution in [2.45, 2.75) is 12.6 Å². The molecule has 1 atom stereocenters. The summed E-state index contributed by atoms with van der Waals surface area (Å²) < 4.78 is 0. The monoisotopic (exact) mass is 319 g/mol. The molecule has 2 aromatic rings. The lowest BCUT2D eigenvalue weighted by molar-refractivity contribution is 0.174. The number of primary amides is 1. The molecule has 0 heterocycles. The third-order valence-corrected chi connectivity index (χ3v) is 3.40. The Balaban J connectivity index is 1.80. The van der Waals surface area contributed by atoms with Crippen LogP contribution in [0.2, 0.25) is 5.02 Å². The molecule has 2 aromatic carbocycles. The summed E-state index contributed by atoms with van der Waals surface area (Å²) in [5.41, 5.74) is 7.55. The molecule has 0 saturated carbocycles. The minimum Gasteiger partial charge on any atom is -0.387 e. The third-order valence-electron chi connectivity index (χ3n) is 3.14. The van der Waals surface area contributed by atoms with E-state index in [9.17, 15) is 9.90 Å². The average molecular weight is 320 g/mol. The lowest BCUT2D eigenvalue weighted by atomic mass is 10.1. The van der Waals surface area contributed by atoms with Gasteiger partial charge in [-0.05, 0) is 35.4 Å². The smallest absolute Gasteiger partial charge is 0.316 e. The highest BCUT2D eigenvalue weighted by Crippen LogP contribution is 2.16. The third kappa shape index (κ3) is 5.04. The first-order valence-corrected chi connectivity index (χ1v) is 7.22. The Morgan fingerprint density at radius 1 is 1.14 bits per heavy atom. The Bertz CT molecular complexity index is 614. The molecule has 0 aliphatic heterocycles. The van der Waals surface area contributed by atoms with Gasteiger partial charge < -0.3 is 21.5 Å². The number of anilines is 1. The zero-order valence-corrected chi connectivity index (χ0v) is 12.7. The summed E-state index contributed by atoms with van der Waals surface area (Å²) in [4.78, 5) is 10.7. The SMILES string of the molecule is NC(=O)Nc1ccc(CNC[C@H](O)c2ccc(Cl)cc2)cc1. The summed E-state index contributed by atoms with van der Waals surface area (Å²) in [6.07, 6.45) is -0.590. The van der Waals surface area contributed by atoms with E-state index in [0.717, 1.165) is 11.1 Å². The second-order valence-corrected chi connectivity index (χ2v) is 5.32. The maximum absolute atomic E-state index is 10.7. The van der Waals surface area contributed by atoms with E-state index in [1.165, 1.54) is 0 Å². The van der Waals surface area contributed by atoms with Crippen LogP contribution in [-0.2, 0) is 6.54 Å². The number of aliphatic hydroxyl groups is 1. The van der Waals surface area contributed by atoms with E-state index in [-0.39, 0.29) is 0 Å². The maximum atomic E-state index is 10.7. The predicted molar refractivity (Wildman–Crippen MR) is 87.8 cm³/mol. The molecule has 2 rings (SSSR count). The molecule has 5 nitrogen and oxygen atoms in total. The standard InChI is InChI=1S/C16H18ClN3O2/c17-13-5-3-12(4-6-13)15(21)10-19-9-11-1-7-14(8-2-11)20-16(18)22/h1-8,15,19,21H,9-10H2,(H3,18,20,22)/t15-/m0/s1. The fraction of sp³-hybridized carbons (Fsp3) is 0.188. The van der Waals surface area contributed by atoms with E-state index in [1.54, 1.807) is 36.4 Å². The summed E-state index contributed by atoms with van der Waals surface area (Å²) in [7, 11) is 0. The topological polar surface area (TPSA) is 87.4 Å². The Hall–Kier alpha value is -2.08. The summed E-state index contributed by atoms with van der Waals surface area (Å²) in [6.45, 7) is 1.05. The Morgan fingerprint density at radius 2 is 1.77 bits per heavy atom. The van der Waals surface area contributed by atoms with Gasteiger partial charge >= 0.3 is 6.03 Å². The van der Waals surface area contributed by atoms with E-state index in [0.29, 0.717) is 23.8 Å². The number of nitrogens with two attached hydrogens (primary N) is 1. The summed E-state index contributed by atoms with van der Waals surface area (Å²) >= 11 is 5.81. The van der Waals surface area contributed by atoms with Crippen LogP contribution in [0.3, 0.4) is 0 Å². The average Bonchev–Trinajstić information content (AvgIpc) is 2.49. The van der Waals surface area contributed by atoms with Crippen molar-refractivity contribution in [3.05, 3.63) is 64.7 Å². The van der Waals surface area contributed by atoms with Crippen molar-refractivity contribution in [3.63, 3.8) is 0 Å². The van der Waals surface area contributed by atoms with Crippen molar-refractivity contribution in [2.75, 3.05) is 11.9 Å². The highest BCUT2D eigenvalue weighted by Gasteiger charge is 2.06. The fourth-order valence-corrected chi connectivity index (χ4v) is 2.13. The van der Waals surface area contributed by atoms with Crippen LogP contribution in [0.15, 0.2) is 48.5 Å². The number of rotatable bonds is 6. The van der Waals surface area contributed by atoms with Crippen LogP contribution in [-0.4, -0.2) is 17.7 Å². The first kappa shape index (κ1) is 16.3. The summed E-state index contributed by atoms with van der Waals surface area (Å²) in [5.74, 6) is 0. The van der Waals surface area contributed by atoms with Gasteiger partial charge in [0.2, 0.25) is 0 Å². The number of amides is 2. The Kier molecular flexibility index (Phi) is 5.77. The highest BCUT2D eigenvalue weighted by molar-refractivity contribution is 6.30. The predicted octanol–water partition coefficient (Wildman–Crippen LogP) is 2.65. The van der Waals surface area contributed by atoms with Crippen LogP contribution in [0.25, 0.3) is 0 Å². The number of benzene rings is 2. The molecule has 0 saturated heterocycles. The van der Waals surface area contributed by atoms with Crippen LogP contribution in [0.5, 0.6) is 0 Å². The zero-order chi connectivity index (χ0) is 15.9. The molecule has 5 N–H and O–H groups in total. The van der Waals surface area contributed by atoms with Gasteiger partial charge in [0.1, 0.15) is 0 Å². The quantitative estimate of drug-likeness (QED) is 0.660. The normalized spacial score (nSPS) is 11.9. The maximum Gasteiger partial charge on any atom is 0.316 e. The summed E-state index contributed by atoms with van der Waals surface area (Å²) in [5, 5.41) is 16.4. The second-order valence-electron chi connectivity index (χ2n) is 4.88. The number of carbonyl (C=O) groups excluding carboxylic acids is 1. The number of hydrogen-bond acceptors (Lipinski definition) is 3. The minimum atomic E-state index is -0.590. The minimum absolute atomic E-state index is 0.433. The lowest BCUT2D eigenvalue weighted by Gasteiger charge is -2.12. The van der Waals surface area contributed by atoms with Crippen molar-refractivity contribution in [1.82, 2.24) is 5.32 Å². The van der Waals surface area contributed by atoms with Crippen molar-refractivity contribution in [3.8, 4) is 0 Å². The molecule has 0 aromatic heterocycles. The van der Waals surface area contributed by atoms with E-state index < -0.39 is 12.1 Å². The molecule has 0 spiro atoms. The molecule has 0 unspecified atom stereocenters. The highest BCUT2D eigenvalue weighted by atomic mass is 35.5. The van der Waals surface area contributed by atoms with Crippen LogP contribution >= 0.6 is 11.6 Å². The largest absolute Gasteiger partial charge is 0.387 e. The molecule has 6 heteroatoms. The van der Waals surface area contributed by atoms with Gasteiger partial charge in [-0.25, -0.2) is 4.79 Å². The Morgan fingerprint density at radius 3 is 2.36 bits per heavy atom. The molecule has 116 valence electrons. The molecule has 0 fully saturated rings. The zero-order valence-electron chi connectivity index (χ0n) is 11.9. The number of halogens is 1. The van der Waals surface area contributed by atoms with Gasteiger partial charge in [-0.3, -0.25) is 0 Å². The van der Waals surface area contributed by atoms with Gasteiger partial charge in [-0.1, -0.05) is 35.9 Å². The Labute approximate surface area is 134 Å². The van der Waals surface area contributed by atoms with Crippen LogP contribution in [0.4, 0.5) is 10.5 Å². The molecule has 0 aliphatic carbocycles. The first-order chi connectivity index (χ1) is 10.5.